The molecular formula is C22H12Cl3N3O3S. The topological polar surface area (TPSA) is 92.1 Å². The predicted molar refractivity (Wildman–Crippen MR) is 125 cm³/mol. The Morgan fingerprint density at radius 3 is 2.50 bits per heavy atom. The predicted octanol–water partition coefficient (Wildman–Crippen LogP) is 6.66. The summed E-state index contributed by atoms with van der Waals surface area (Å²) >= 11 is 18.2. The number of nitrogens with zero attached hydrogens (tertiary/aromatic N) is 2. The van der Waals surface area contributed by atoms with Gasteiger partial charge in [-0.15, -0.1) is 0 Å². The second-order valence-corrected chi connectivity index (χ2v) is 9.49. The molecule has 160 valence electrons. The fraction of sp³-hybridized carbons (Fsp3) is 0. The molecule has 0 spiro atoms. The van der Waals surface area contributed by atoms with Crippen LogP contribution in [0.1, 0.15) is 5.56 Å². The molecule has 0 aliphatic heterocycles. The van der Waals surface area contributed by atoms with E-state index < -0.39 is 10.0 Å². The van der Waals surface area contributed by atoms with Crippen LogP contribution in [0.3, 0.4) is 0 Å². The molecule has 0 fully saturated rings. The van der Waals surface area contributed by atoms with E-state index >= 15 is 0 Å². The molecule has 1 aromatic heterocycles. The number of ether oxygens (including phenoxy) is 1. The Balaban J connectivity index is 1.66. The summed E-state index contributed by atoms with van der Waals surface area (Å²) in [5, 5.41) is 10.7. The molecule has 10 heteroatoms. The highest BCUT2D eigenvalue weighted by Crippen LogP contribution is 2.37. The summed E-state index contributed by atoms with van der Waals surface area (Å²) in [4.78, 5) is 4.15. The van der Waals surface area contributed by atoms with Gasteiger partial charge in [-0.2, -0.15) is 5.26 Å². The van der Waals surface area contributed by atoms with Crippen LogP contribution in [0.4, 0.5) is 5.69 Å². The van der Waals surface area contributed by atoms with Crippen LogP contribution in [0.15, 0.2) is 71.8 Å². The number of hydrogen-bond acceptors (Lipinski definition) is 5. The summed E-state index contributed by atoms with van der Waals surface area (Å²) in [6.45, 7) is 0. The number of rotatable bonds is 5. The number of nitriles is 1. The van der Waals surface area contributed by atoms with Gasteiger partial charge in [-0.1, -0.05) is 53.0 Å². The van der Waals surface area contributed by atoms with E-state index in [2.05, 4.69) is 9.71 Å². The van der Waals surface area contributed by atoms with Crippen molar-refractivity contribution in [1.29, 1.82) is 5.26 Å². The van der Waals surface area contributed by atoms with Crippen molar-refractivity contribution in [2.75, 3.05) is 4.72 Å². The molecule has 0 radical (unpaired) electrons. The molecule has 4 rings (SSSR count). The summed E-state index contributed by atoms with van der Waals surface area (Å²) in [5.74, 6) is 0.460. The molecule has 1 N–H and O–H groups in total. The van der Waals surface area contributed by atoms with Crippen LogP contribution in [0.25, 0.3) is 10.9 Å². The van der Waals surface area contributed by atoms with Gasteiger partial charge in [-0.25, -0.2) is 8.42 Å². The van der Waals surface area contributed by atoms with Gasteiger partial charge < -0.3 is 4.74 Å². The maximum atomic E-state index is 12.7. The first-order chi connectivity index (χ1) is 15.3. The lowest BCUT2D eigenvalue weighted by atomic mass is 10.2. The standard InChI is InChI=1S/C22H12Cl3N3O3S/c23-15-5-6-21(18(24)9-15)32(29,30)28-16-7-14(11-26)22(19(25)10-16)31-17-8-13-3-1-2-4-20(13)27-12-17/h1-10,12,28H. The van der Waals surface area contributed by atoms with Crippen molar-refractivity contribution in [3.63, 3.8) is 0 Å². The van der Waals surface area contributed by atoms with E-state index in [9.17, 15) is 13.7 Å². The molecule has 0 aliphatic rings. The highest BCUT2D eigenvalue weighted by Gasteiger charge is 2.20. The van der Waals surface area contributed by atoms with Gasteiger partial charge in [0.05, 0.1) is 33.0 Å². The molecular weight excluding hydrogens is 493 g/mol. The van der Waals surface area contributed by atoms with Crippen molar-refractivity contribution >= 4 is 61.4 Å². The largest absolute Gasteiger partial charge is 0.453 e. The minimum absolute atomic E-state index is 0.0329. The van der Waals surface area contributed by atoms with Crippen LogP contribution < -0.4 is 9.46 Å². The van der Waals surface area contributed by atoms with Gasteiger partial charge in [0.1, 0.15) is 16.7 Å². The lowest BCUT2D eigenvalue weighted by molar-refractivity contribution is 0.480. The maximum absolute atomic E-state index is 12.7. The molecule has 6 nitrogen and oxygen atoms in total. The fourth-order valence-electron chi connectivity index (χ4n) is 2.97. The first kappa shape index (κ1) is 22.2. The minimum Gasteiger partial charge on any atom is -0.453 e. The smallest absolute Gasteiger partial charge is 0.263 e. The molecule has 1 heterocycles. The zero-order valence-electron chi connectivity index (χ0n) is 16.0. The van der Waals surface area contributed by atoms with Crippen molar-refractivity contribution in [2.45, 2.75) is 4.90 Å². The van der Waals surface area contributed by atoms with E-state index in [1.165, 1.54) is 36.5 Å². The van der Waals surface area contributed by atoms with E-state index in [1.54, 1.807) is 6.07 Å². The molecule has 0 bridgehead atoms. The molecule has 0 atom stereocenters. The fourth-order valence-corrected chi connectivity index (χ4v) is 5.04. The van der Waals surface area contributed by atoms with E-state index in [4.69, 9.17) is 39.5 Å². The number of hydrogen-bond donors (Lipinski definition) is 1. The SMILES string of the molecule is N#Cc1cc(NS(=O)(=O)c2ccc(Cl)cc2Cl)cc(Cl)c1Oc1cnc2ccccc2c1. The summed E-state index contributed by atoms with van der Waals surface area (Å²) in [7, 11) is -4.06. The third-order valence-corrected chi connectivity index (χ3v) is 6.77. The number of nitrogens with one attached hydrogen (secondary N) is 1. The number of halogens is 3. The average molecular weight is 505 g/mol. The van der Waals surface area contributed by atoms with Gasteiger partial charge in [0.15, 0.2) is 5.75 Å². The van der Waals surface area contributed by atoms with E-state index in [-0.39, 0.29) is 31.9 Å². The Kier molecular flexibility index (Phi) is 6.13. The first-order valence-corrected chi connectivity index (χ1v) is 11.6. The summed E-state index contributed by atoms with van der Waals surface area (Å²) in [6.07, 6.45) is 1.51. The normalized spacial score (nSPS) is 11.2. The van der Waals surface area contributed by atoms with Gasteiger partial charge in [-0.05, 0) is 42.5 Å². The lowest BCUT2D eigenvalue weighted by Gasteiger charge is -2.14. The number of benzene rings is 3. The van der Waals surface area contributed by atoms with Gasteiger partial charge in [0, 0.05) is 10.4 Å². The molecule has 4 aromatic rings. The Morgan fingerprint density at radius 2 is 1.75 bits per heavy atom. The van der Waals surface area contributed by atoms with E-state index in [0.717, 1.165) is 10.9 Å². The van der Waals surface area contributed by atoms with Crippen LogP contribution in [-0.2, 0) is 10.0 Å². The monoisotopic (exact) mass is 503 g/mol. The second kappa shape index (κ2) is 8.85. The van der Waals surface area contributed by atoms with Crippen molar-refractivity contribution < 1.29 is 13.2 Å². The van der Waals surface area contributed by atoms with E-state index in [0.29, 0.717) is 10.8 Å². The highest BCUT2D eigenvalue weighted by atomic mass is 35.5. The van der Waals surface area contributed by atoms with Crippen LogP contribution in [-0.4, -0.2) is 13.4 Å². The molecule has 0 aliphatic carbocycles. The quantitative estimate of drug-likeness (QED) is 0.328. The number of para-hydroxylation sites is 1. The molecule has 0 saturated carbocycles. The summed E-state index contributed by atoms with van der Waals surface area (Å²) in [5.41, 5.74) is 0.893. The minimum atomic E-state index is -4.06. The van der Waals surface area contributed by atoms with Crippen molar-refractivity contribution in [3.8, 4) is 17.6 Å². The number of pyridine rings is 1. The van der Waals surface area contributed by atoms with Crippen LogP contribution in [0.2, 0.25) is 15.1 Å². The zero-order chi connectivity index (χ0) is 22.9. The van der Waals surface area contributed by atoms with Crippen molar-refractivity contribution in [3.05, 3.63) is 87.5 Å². The second-order valence-electron chi connectivity index (χ2n) is 6.59. The Morgan fingerprint density at radius 1 is 0.969 bits per heavy atom. The Hall–Kier alpha value is -3.02. The van der Waals surface area contributed by atoms with Crippen molar-refractivity contribution in [2.24, 2.45) is 0 Å². The van der Waals surface area contributed by atoms with Gasteiger partial charge >= 0.3 is 0 Å². The van der Waals surface area contributed by atoms with E-state index in [1.807, 2.05) is 30.3 Å². The first-order valence-electron chi connectivity index (χ1n) is 9.01. The lowest BCUT2D eigenvalue weighted by Crippen LogP contribution is -2.13. The van der Waals surface area contributed by atoms with Gasteiger partial charge in [0.2, 0.25) is 0 Å². The third kappa shape index (κ3) is 4.59. The molecule has 3 aromatic carbocycles. The zero-order valence-corrected chi connectivity index (χ0v) is 19.1. The number of sulfonamides is 1. The van der Waals surface area contributed by atoms with Crippen molar-refractivity contribution in [1.82, 2.24) is 4.98 Å². The summed E-state index contributed by atoms with van der Waals surface area (Å²) in [6, 6.07) is 17.9. The Labute approximate surface area is 199 Å². The van der Waals surface area contributed by atoms with Gasteiger partial charge in [-0.3, -0.25) is 9.71 Å². The van der Waals surface area contributed by atoms with Crippen LogP contribution in [0.5, 0.6) is 11.5 Å². The number of anilines is 1. The average Bonchev–Trinajstić information content (AvgIpc) is 2.74. The van der Waals surface area contributed by atoms with Gasteiger partial charge in [0.25, 0.3) is 10.0 Å². The third-order valence-electron chi connectivity index (χ3n) is 4.39. The summed E-state index contributed by atoms with van der Waals surface area (Å²) < 4.78 is 33.7. The number of fused-ring (bicyclic) bond motifs is 1. The molecule has 0 unspecified atom stereocenters. The van der Waals surface area contributed by atoms with Crippen LogP contribution in [0, 0.1) is 11.3 Å². The highest BCUT2D eigenvalue weighted by molar-refractivity contribution is 7.92. The van der Waals surface area contributed by atoms with Crippen LogP contribution >= 0.6 is 34.8 Å². The molecule has 0 amide bonds. The maximum Gasteiger partial charge on any atom is 0.263 e. The number of aromatic nitrogens is 1. The molecule has 32 heavy (non-hydrogen) atoms. The Bertz CT molecular complexity index is 1500. The molecule has 0 saturated heterocycles.